The van der Waals surface area contributed by atoms with E-state index in [0.29, 0.717) is 10.1 Å². The van der Waals surface area contributed by atoms with Gasteiger partial charge in [0, 0.05) is 12.5 Å². The van der Waals surface area contributed by atoms with Crippen LogP contribution < -0.4 is 5.32 Å². The van der Waals surface area contributed by atoms with Gasteiger partial charge in [0.15, 0.2) is 0 Å². The van der Waals surface area contributed by atoms with Crippen LogP contribution in [0.25, 0.3) is 21.7 Å². The molecule has 0 aliphatic carbocycles. The van der Waals surface area contributed by atoms with Gasteiger partial charge in [-0.15, -0.1) is 10.2 Å². The SMILES string of the molecule is CC(=O)Nc1nnc(-c2ccccc2-c2cccc(C(=O)O)c2)s1. The number of carbonyl (C=O) groups is 2. The summed E-state index contributed by atoms with van der Waals surface area (Å²) >= 11 is 1.26. The number of carbonyl (C=O) groups excluding carboxylic acids is 1. The van der Waals surface area contributed by atoms with Gasteiger partial charge in [-0.3, -0.25) is 4.79 Å². The number of hydrogen-bond donors (Lipinski definition) is 2. The van der Waals surface area contributed by atoms with Crippen molar-refractivity contribution in [3.63, 3.8) is 0 Å². The molecule has 7 heteroatoms. The molecule has 0 atom stereocenters. The van der Waals surface area contributed by atoms with Crippen LogP contribution in [0.5, 0.6) is 0 Å². The largest absolute Gasteiger partial charge is 0.478 e. The molecule has 0 spiro atoms. The number of benzene rings is 2. The molecule has 3 aromatic rings. The summed E-state index contributed by atoms with van der Waals surface area (Å²) in [5.41, 5.74) is 2.68. The van der Waals surface area contributed by atoms with Gasteiger partial charge < -0.3 is 10.4 Å². The minimum absolute atomic E-state index is 0.208. The van der Waals surface area contributed by atoms with Crippen LogP contribution in [0.15, 0.2) is 48.5 Å². The van der Waals surface area contributed by atoms with E-state index in [1.807, 2.05) is 30.3 Å². The van der Waals surface area contributed by atoms with Crippen molar-refractivity contribution in [1.29, 1.82) is 0 Å². The number of hydrogen-bond acceptors (Lipinski definition) is 5. The number of anilines is 1. The predicted molar refractivity (Wildman–Crippen MR) is 92.0 cm³/mol. The van der Waals surface area contributed by atoms with Gasteiger partial charge in [0.2, 0.25) is 11.0 Å². The summed E-state index contributed by atoms with van der Waals surface area (Å²) in [5.74, 6) is -1.18. The van der Waals surface area contributed by atoms with Crippen molar-refractivity contribution in [3.05, 3.63) is 54.1 Å². The van der Waals surface area contributed by atoms with Crippen LogP contribution in [0.3, 0.4) is 0 Å². The molecule has 0 unspecified atom stereocenters. The van der Waals surface area contributed by atoms with Crippen LogP contribution in [0.2, 0.25) is 0 Å². The van der Waals surface area contributed by atoms with E-state index in [9.17, 15) is 9.59 Å². The average molecular weight is 339 g/mol. The van der Waals surface area contributed by atoms with Crippen molar-refractivity contribution in [2.75, 3.05) is 5.32 Å². The Kier molecular flexibility index (Phi) is 4.35. The third kappa shape index (κ3) is 3.31. The van der Waals surface area contributed by atoms with Crippen molar-refractivity contribution in [1.82, 2.24) is 10.2 Å². The molecule has 6 nitrogen and oxygen atoms in total. The summed E-state index contributed by atoms with van der Waals surface area (Å²) < 4.78 is 0. The molecule has 1 amide bonds. The first kappa shape index (κ1) is 15.8. The monoisotopic (exact) mass is 339 g/mol. The number of carboxylic acids is 1. The zero-order valence-electron chi connectivity index (χ0n) is 12.7. The Hall–Kier alpha value is -3.06. The number of aromatic nitrogens is 2. The Labute approximate surface area is 141 Å². The summed E-state index contributed by atoms with van der Waals surface area (Å²) in [5, 5.41) is 20.9. The van der Waals surface area contributed by atoms with Crippen LogP contribution in [0, 0.1) is 0 Å². The quantitative estimate of drug-likeness (QED) is 0.758. The minimum atomic E-state index is -0.974. The fourth-order valence-corrected chi connectivity index (χ4v) is 3.10. The first-order valence-corrected chi connectivity index (χ1v) is 7.90. The van der Waals surface area contributed by atoms with Gasteiger partial charge >= 0.3 is 5.97 Å². The molecule has 120 valence electrons. The van der Waals surface area contributed by atoms with Crippen molar-refractivity contribution >= 4 is 28.3 Å². The smallest absolute Gasteiger partial charge is 0.335 e. The van der Waals surface area contributed by atoms with Crippen LogP contribution in [-0.2, 0) is 4.79 Å². The van der Waals surface area contributed by atoms with E-state index in [4.69, 9.17) is 5.11 Å². The lowest BCUT2D eigenvalue weighted by molar-refractivity contribution is -0.114. The van der Waals surface area contributed by atoms with E-state index in [1.165, 1.54) is 18.3 Å². The molecule has 1 aromatic heterocycles. The van der Waals surface area contributed by atoms with Gasteiger partial charge in [-0.05, 0) is 23.3 Å². The van der Waals surface area contributed by atoms with Gasteiger partial charge in [-0.25, -0.2) is 4.79 Å². The summed E-state index contributed by atoms with van der Waals surface area (Å²) in [6.07, 6.45) is 0. The third-order valence-corrected chi connectivity index (χ3v) is 4.16. The maximum atomic E-state index is 11.2. The third-order valence-electron chi connectivity index (χ3n) is 3.29. The molecule has 24 heavy (non-hydrogen) atoms. The maximum absolute atomic E-state index is 11.2. The second-order valence-electron chi connectivity index (χ2n) is 5.03. The van der Waals surface area contributed by atoms with Crippen molar-refractivity contribution in [2.24, 2.45) is 0 Å². The summed E-state index contributed by atoms with van der Waals surface area (Å²) in [7, 11) is 0. The summed E-state index contributed by atoms with van der Waals surface area (Å²) in [6, 6.07) is 14.3. The highest BCUT2D eigenvalue weighted by Gasteiger charge is 2.13. The van der Waals surface area contributed by atoms with E-state index >= 15 is 0 Å². The minimum Gasteiger partial charge on any atom is -0.478 e. The maximum Gasteiger partial charge on any atom is 0.335 e. The molecule has 1 heterocycles. The highest BCUT2D eigenvalue weighted by atomic mass is 32.1. The van der Waals surface area contributed by atoms with Crippen molar-refractivity contribution in [2.45, 2.75) is 6.92 Å². The lowest BCUT2D eigenvalue weighted by Crippen LogP contribution is -2.04. The Morgan fingerprint density at radius 3 is 2.50 bits per heavy atom. The lowest BCUT2D eigenvalue weighted by Gasteiger charge is -2.07. The van der Waals surface area contributed by atoms with Crippen LogP contribution in [0.4, 0.5) is 5.13 Å². The fourth-order valence-electron chi connectivity index (χ4n) is 2.27. The Morgan fingerprint density at radius 1 is 1.04 bits per heavy atom. The fraction of sp³-hybridized carbons (Fsp3) is 0.0588. The normalized spacial score (nSPS) is 10.4. The Bertz CT molecular complexity index is 921. The van der Waals surface area contributed by atoms with Crippen molar-refractivity contribution < 1.29 is 14.7 Å². The molecule has 0 saturated carbocycles. The molecule has 0 bridgehead atoms. The molecule has 0 fully saturated rings. The van der Waals surface area contributed by atoms with E-state index in [1.54, 1.807) is 18.2 Å². The van der Waals surface area contributed by atoms with Crippen LogP contribution in [-0.4, -0.2) is 27.2 Å². The zero-order valence-corrected chi connectivity index (χ0v) is 13.5. The molecule has 0 aliphatic heterocycles. The molecule has 2 N–H and O–H groups in total. The number of nitrogens with zero attached hydrogens (tertiary/aromatic N) is 2. The number of aromatic carboxylic acids is 1. The zero-order chi connectivity index (χ0) is 17.1. The topological polar surface area (TPSA) is 92.2 Å². The van der Waals surface area contributed by atoms with Crippen LogP contribution in [0.1, 0.15) is 17.3 Å². The molecule has 0 radical (unpaired) electrons. The highest BCUT2D eigenvalue weighted by Crippen LogP contribution is 2.35. The number of nitrogens with one attached hydrogen (secondary N) is 1. The van der Waals surface area contributed by atoms with E-state index in [0.717, 1.165) is 16.7 Å². The van der Waals surface area contributed by atoms with Crippen molar-refractivity contribution in [3.8, 4) is 21.7 Å². The van der Waals surface area contributed by atoms with E-state index < -0.39 is 5.97 Å². The number of amides is 1. The lowest BCUT2D eigenvalue weighted by atomic mass is 9.98. The van der Waals surface area contributed by atoms with Gasteiger partial charge in [-0.2, -0.15) is 0 Å². The first-order chi connectivity index (χ1) is 11.5. The predicted octanol–water partition coefficient (Wildman–Crippen LogP) is 3.53. The second-order valence-corrected chi connectivity index (χ2v) is 6.00. The molecule has 3 rings (SSSR count). The van der Waals surface area contributed by atoms with Gasteiger partial charge in [0.1, 0.15) is 5.01 Å². The first-order valence-electron chi connectivity index (χ1n) is 7.09. The van der Waals surface area contributed by atoms with Gasteiger partial charge in [-0.1, -0.05) is 47.7 Å². The summed E-state index contributed by atoms with van der Waals surface area (Å²) in [6.45, 7) is 1.41. The molecular formula is C17H13N3O3S. The van der Waals surface area contributed by atoms with E-state index in [2.05, 4.69) is 15.5 Å². The van der Waals surface area contributed by atoms with E-state index in [-0.39, 0.29) is 11.5 Å². The standard InChI is InChI=1S/C17H13N3O3S/c1-10(21)18-17-20-19-15(24-17)14-8-3-2-7-13(14)11-5-4-6-12(9-11)16(22)23/h2-9H,1H3,(H,22,23)(H,18,20,21). The van der Waals surface area contributed by atoms with Crippen LogP contribution >= 0.6 is 11.3 Å². The summed E-state index contributed by atoms with van der Waals surface area (Å²) in [4.78, 5) is 22.3. The average Bonchev–Trinajstić information content (AvgIpc) is 3.02. The molecule has 0 aliphatic rings. The molecule has 2 aromatic carbocycles. The highest BCUT2D eigenvalue weighted by molar-refractivity contribution is 7.18. The second kappa shape index (κ2) is 6.59. The Morgan fingerprint density at radius 2 is 1.79 bits per heavy atom. The number of rotatable bonds is 4. The van der Waals surface area contributed by atoms with Gasteiger partial charge in [0.05, 0.1) is 5.56 Å². The Balaban J connectivity index is 2.05. The van der Waals surface area contributed by atoms with Gasteiger partial charge in [0.25, 0.3) is 0 Å². The molecule has 0 saturated heterocycles. The number of carboxylic acid groups (broad SMARTS) is 1. The molecular weight excluding hydrogens is 326 g/mol.